The molecule has 372 valence electrons. The molecule has 13 rings (SSSR count). The first-order valence-corrected chi connectivity index (χ1v) is 25.0. The average Bonchev–Trinajstić information content (AvgIpc) is 1.71. The molecule has 3 heterocycles. The second-order valence-corrected chi connectivity index (χ2v) is 20.9. The van der Waals surface area contributed by atoms with Gasteiger partial charge in [-0.15, -0.1) is 53.1 Å². The van der Waals surface area contributed by atoms with Gasteiger partial charge in [-0.2, -0.15) is 0 Å². The second-order valence-electron chi connectivity index (χ2n) is 20.9. The fraction of sp³-hybridized carbons (Fsp3) is 0.114. The summed E-state index contributed by atoms with van der Waals surface area (Å²) in [4.78, 5) is 5.66. The van der Waals surface area contributed by atoms with Crippen LogP contribution in [-0.4, -0.2) is 14.1 Å². The summed E-state index contributed by atoms with van der Waals surface area (Å²) in [6.07, 6.45) is 3.58. The minimum absolute atomic E-state index is 0. The molecule has 0 bridgehead atoms. The van der Waals surface area contributed by atoms with Crippen LogP contribution in [0.25, 0.3) is 117 Å². The van der Waals surface area contributed by atoms with E-state index in [2.05, 4.69) is 131 Å². The molecule has 0 aliphatic carbocycles. The third kappa shape index (κ3) is 8.40. The summed E-state index contributed by atoms with van der Waals surface area (Å²) in [6, 6.07) is 53.6. The monoisotopic (exact) mass is 1170 g/mol. The van der Waals surface area contributed by atoms with Crippen LogP contribution in [0.4, 0.5) is 0 Å². The molecule has 0 saturated carbocycles. The Morgan fingerprint density at radius 2 is 1.18 bits per heavy atom. The maximum absolute atomic E-state index is 9.24. The normalized spacial score (nSPS) is 13.8. The van der Waals surface area contributed by atoms with Crippen molar-refractivity contribution in [2.75, 3.05) is 0 Å². The molecule has 0 saturated heterocycles. The quantitative estimate of drug-likeness (QED) is 0.112. The third-order valence-corrected chi connectivity index (χ3v) is 14.0. The van der Waals surface area contributed by atoms with Crippen LogP contribution < -0.4 is 4.57 Å². The van der Waals surface area contributed by atoms with Crippen molar-refractivity contribution in [3.05, 3.63) is 248 Å². The molecule has 13 aromatic rings. The van der Waals surface area contributed by atoms with Crippen molar-refractivity contribution in [1.29, 1.82) is 0 Å². The van der Waals surface area contributed by atoms with Gasteiger partial charge in [-0.1, -0.05) is 222 Å². The first-order valence-electron chi connectivity index (χ1n) is 30.0. The van der Waals surface area contributed by atoms with Crippen molar-refractivity contribution in [3.8, 4) is 73.0 Å². The van der Waals surface area contributed by atoms with E-state index in [1.807, 2.05) is 72.8 Å². The van der Waals surface area contributed by atoms with Crippen LogP contribution in [0, 0.1) is 18.5 Å². The van der Waals surface area contributed by atoms with E-state index in [1.54, 1.807) is 27.3 Å². The van der Waals surface area contributed by atoms with Gasteiger partial charge in [0.25, 0.3) is 6.33 Å². The Hall–Kier alpha value is -8.37. The molecule has 0 N–H and O–H groups in total. The molecule has 76 heavy (non-hydrogen) atoms. The molecule has 0 unspecified atom stereocenters. The zero-order chi connectivity index (χ0) is 59.7. The molecule has 10 aromatic carbocycles. The standard InChI is InChI=1S/C70H54N4O.Pt/c1-69(2,3)51-30-20-29-49(41-51)68-71-65-53(32-22-37-62(65)74(68)59-40-39-52(70(4,5)6)44-57(59)48-27-14-9-15-28-48)50-42-58-56-31-16-19-38-64(56)75-67(58)63(43-50)72-45-73(61-36-18-17-35-60(61)72)66-54(46-23-10-7-11-24-46)33-21-34-55(66)47-25-12-8-13-26-47;/h7-28,30-42,44H,1-6H3;/q-2;/i7D,8D,10D,11D,12D,13D,23D,24D,25D,26D;. The topological polar surface area (TPSA) is 39.8 Å². The summed E-state index contributed by atoms with van der Waals surface area (Å²) >= 11 is 0. The van der Waals surface area contributed by atoms with Crippen LogP contribution >= 0.6 is 0 Å². The second kappa shape index (κ2) is 19.1. The number of benzene rings is 10. The molecule has 6 heteroatoms. The molecule has 0 amide bonds. The molecule has 0 aliphatic heterocycles. The van der Waals surface area contributed by atoms with Gasteiger partial charge in [-0.25, -0.2) is 0 Å². The predicted octanol–water partition coefficient (Wildman–Crippen LogP) is 17.5. The van der Waals surface area contributed by atoms with Gasteiger partial charge in [0.05, 0.1) is 47.4 Å². The van der Waals surface area contributed by atoms with Gasteiger partial charge in [0.15, 0.2) is 0 Å². The van der Waals surface area contributed by atoms with Crippen LogP contribution in [0.5, 0.6) is 0 Å². The fourth-order valence-electron chi connectivity index (χ4n) is 10.2. The van der Waals surface area contributed by atoms with Crippen LogP contribution in [0.1, 0.15) is 66.4 Å². The van der Waals surface area contributed by atoms with E-state index in [4.69, 9.17) is 17.6 Å². The van der Waals surface area contributed by atoms with Gasteiger partial charge in [-0.05, 0) is 68.5 Å². The minimum atomic E-state index is -0.582. The van der Waals surface area contributed by atoms with Crippen molar-refractivity contribution in [3.63, 3.8) is 0 Å². The zero-order valence-corrected chi connectivity index (χ0v) is 44.8. The Balaban J connectivity index is 0.00000724. The van der Waals surface area contributed by atoms with Crippen molar-refractivity contribution in [1.82, 2.24) is 14.1 Å². The number of fused-ring (bicyclic) bond motifs is 5. The molecule has 5 nitrogen and oxygen atoms in total. The van der Waals surface area contributed by atoms with Gasteiger partial charge >= 0.3 is 0 Å². The maximum atomic E-state index is 9.24. The van der Waals surface area contributed by atoms with E-state index in [0.29, 0.717) is 44.8 Å². The van der Waals surface area contributed by atoms with Crippen LogP contribution in [0.3, 0.4) is 0 Å². The van der Waals surface area contributed by atoms with E-state index < -0.39 is 60.4 Å². The summed E-state index contributed by atoms with van der Waals surface area (Å²) < 4.78 is 102. The number of imidazole rings is 2. The van der Waals surface area contributed by atoms with Crippen LogP contribution in [0.15, 0.2) is 223 Å². The summed E-state index contributed by atoms with van der Waals surface area (Å²) in [5.41, 5.74) is 11.5. The predicted molar refractivity (Wildman–Crippen MR) is 308 cm³/mol. The molecular weight excluding hydrogens is 1110 g/mol. The smallest absolute Gasteiger partial charge is 0.268 e. The summed E-state index contributed by atoms with van der Waals surface area (Å²) in [5.74, 6) is 0.697. The van der Waals surface area contributed by atoms with Crippen molar-refractivity contribution >= 4 is 44.0 Å². The summed E-state index contributed by atoms with van der Waals surface area (Å²) in [5, 5.41) is 1.61. The summed E-state index contributed by atoms with van der Waals surface area (Å²) in [7, 11) is 0. The molecule has 0 aliphatic rings. The number of hydrogen-bond donors (Lipinski definition) is 0. The van der Waals surface area contributed by atoms with E-state index in [0.717, 1.165) is 49.8 Å². The van der Waals surface area contributed by atoms with Crippen molar-refractivity contribution in [2.45, 2.75) is 52.4 Å². The Bertz CT molecular complexity index is 4790. The first kappa shape index (κ1) is 38.2. The molecule has 0 radical (unpaired) electrons. The fourth-order valence-corrected chi connectivity index (χ4v) is 10.2. The van der Waals surface area contributed by atoms with E-state index in [1.165, 1.54) is 5.56 Å². The summed E-state index contributed by atoms with van der Waals surface area (Å²) in [6.45, 7) is 13.2. The van der Waals surface area contributed by atoms with Crippen molar-refractivity contribution in [2.24, 2.45) is 0 Å². The molecular formula is C70H54N4OPt-2. The minimum Gasteiger partial charge on any atom is -0.504 e. The Morgan fingerprint density at radius 1 is 0.553 bits per heavy atom. The van der Waals surface area contributed by atoms with E-state index in [9.17, 15) is 5.48 Å². The van der Waals surface area contributed by atoms with Gasteiger partial charge in [0.2, 0.25) is 0 Å². The number of para-hydroxylation sites is 5. The van der Waals surface area contributed by atoms with E-state index in [-0.39, 0.29) is 59.8 Å². The zero-order valence-electron chi connectivity index (χ0n) is 52.5. The molecule has 0 spiro atoms. The Labute approximate surface area is 472 Å². The largest absolute Gasteiger partial charge is 0.504 e. The Morgan fingerprint density at radius 3 is 1.91 bits per heavy atom. The third-order valence-electron chi connectivity index (χ3n) is 14.0. The Kier molecular flexibility index (Phi) is 9.60. The van der Waals surface area contributed by atoms with E-state index >= 15 is 0 Å². The maximum Gasteiger partial charge on any atom is 0.268 e. The first-order chi connectivity index (χ1) is 40.6. The van der Waals surface area contributed by atoms with Crippen LogP contribution in [-0.2, 0) is 31.9 Å². The van der Waals surface area contributed by atoms with Gasteiger partial charge < -0.3 is 13.6 Å². The van der Waals surface area contributed by atoms with Crippen LogP contribution in [0.2, 0.25) is 0 Å². The molecule has 0 atom stereocenters. The van der Waals surface area contributed by atoms with Gasteiger partial charge in [-0.3, -0.25) is 9.55 Å². The van der Waals surface area contributed by atoms with Crippen molar-refractivity contribution < 1.29 is 43.8 Å². The number of furan rings is 1. The van der Waals surface area contributed by atoms with Gasteiger partial charge in [0.1, 0.15) is 5.58 Å². The number of nitrogens with zero attached hydrogens (tertiary/aromatic N) is 4. The number of aromatic nitrogens is 4. The molecule has 0 fully saturated rings. The number of rotatable bonds is 8. The molecule has 3 aromatic heterocycles. The SMILES string of the molecule is [2H]c1c([2H])c([2H])c(-c2cccc(-c3c([2H])c([2H])c([2H])c([2H])c3[2H])c2-[n+]2[c-]n(-c3[c-]c(-c4cccc5c4nc(-c4[c-]ccc(C(C)(C)C)c4)n5-c4ccc(C(C)(C)C)cc4-c4ccccc4)cc4c3oc3ccccc34)c3ccccc32)c([2H])c1[2H].[Pt]. The number of hydrogen-bond acceptors (Lipinski definition) is 2. The van der Waals surface area contributed by atoms with Gasteiger partial charge in [0, 0.05) is 48.9 Å². The average molecular weight is 1170 g/mol.